The van der Waals surface area contributed by atoms with E-state index in [1.54, 1.807) is 22.3 Å². The van der Waals surface area contributed by atoms with Gasteiger partial charge >= 0.3 is 64.1 Å². The molecule has 0 bridgehead atoms. The Balaban J connectivity index is -0.000000106. The van der Waals surface area contributed by atoms with Gasteiger partial charge in [0.2, 0.25) is 0 Å². The van der Waals surface area contributed by atoms with E-state index in [1.807, 2.05) is 24.3 Å². The molecule has 0 amide bonds. The summed E-state index contributed by atoms with van der Waals surface area (Å²) in [6.45, 7) is 18.5. The molecule has 2 atom stereocenters. The number of halogens is 4. The van der Waals surface area contributed by atoms with Gasteiger partial charge in [-0.25, -0.2) is 24.3 Å². The van der Waals surface area contributed by atoms with Crippen molar-refractivity contribution in [3.63, 3.8) is 0 Å². The summed E-state index contributed by atoms with van der Waals surface area (Å²) in [6.07, 6.45) is 20.0. The van der Waals surface area contributed by atoms with Crippen molar-refractivity contribution in [2.45, 2.75) is 68.2 Å². The molecule has 0 spiro atoms. The van der Waals surface area contributed by atoms with Crippen LogP contribution in [0.4, 0.5) is 0 Å². The largest absolute Gasteiger partial charge is 2.00 e. The smallest absolute Gasteiger partial charge is 2.00 e. The van der Waals surface area contributed by atoms with E-state index in [2.05, 4.69) is 79.7 Å². The molecule has 0 aromatic rings. The minimum Gasteiger partial charge on any atom is 2.00 e. The van der Waals surface area contributed by atoms with E-state index in [0.717, 1.165) is 12.8 Å². The van der Waals surface area contributed by atoms with Crippen molar-refractivity contribution in [2.75, 3.05) is 0 Å². The quantitative estimate of drug-likeness (QED) is 0.335. The predicted molar refractivity (Wildman–Crippen MR) is 155 cm³/mol. The summed E-state index contributed by atoms with van der Waals surface area (Å²) in [4.78, 5) is 0. The van der Waals surface area contributed by atoms with Gasteiger partial charge in [-0.15, -0.1) is 12.8 Å². The molecule has 0 radical (unpaired) electrons. The number of allylic oxidation sites excluding steroid dienone is 16. The molecular formula is C31H45Cl4Zr2-5. The van der Waals surface area contributed by atoms with E-state index in [9.17, 15) is 0 Å². The SMILES string of the molecule is CC1=C(C)C(C)C(C2=C(C)C(C)=C(C)C2C)=C1C.[C-]1=CC=CC1.[C-]1=CC=CC1.[CH3-].[CH3-].[CH3-].[Cl-].[Cl-].[Cl][Zr][Cl].[Zr+2]. The molecule has 0 aromatic carbocycles. The third kappa shape index (κ3) is 14.9. The summed E-state index contributed by atoms with van der Waals surface area (Å²) in [5.41, 5.74) is 12.4. The minimum absolute atomic E-state index is 0. The monoisotopic (exact) mass is 737 g/mol. The molecule has 4 aliphatic carbocycles. The minimum atomic E-state index is -0.826. The fourth-order valence-corrected chi connectivity index (χ4v) is 4.28. The Morgan fingerprint density at radius 1 is 0.649 bits per heavy atom. The molecule has 4 rings (SSSR count). The van der Waals surface area contributed by atoms with Crippen molar-refractivity contribution < 1.29 is 71.9 Å². The Bertz CT molecular complexity index is 793. The predicted octanol–water partition coefficient (Wildman–Crippen LogP) is 4.94. The summed E-state index contributed by atoms with van der Waals surface area (Å²) >= 11 is -0.826. The first-order valence-electron chi connectivity index (χ1n) is 10.9. The van der Waals surface area contributed by atoms with Crippen LogP contribution in [0.2, 0.25) is 0 Å². The average Bonchev–Trinajstić information content (AvgIpc) is 3.56. The molecule has 6 heteroatoms. The van der Waals surface area contributed by atoms with Crippen molar-refractivity contribution in [3.05, 3.63) is 115 Å². The van der Waals surface area contributed by atoms with Crippen LogP contribution in [0, 0.1) is 46.3 Å². The van der Waals surface area contributed by atoms with Gasteiger partial charge in [-0.3, -0.25) is 12.2 Å². The third-order valence-electron chi connectivity index (χ3n) is 6.74. The zero-order valence-corrected chi connectivity index (χ0v) is 32.5. The molecule has 0 saturated carbocycles. The van der Waals surface area contributed by atoms with Gasteiger partial charge < -0.3 is 47.1 Å². The number of hydrogen-bond acceptors (Lipinski definition) is 0. The molecule has 0 saturated heterocycles. The average molecular weight is 742 g/mol. The Morgan fingerprint density at radius 3 is 1.03 bits per heavy atom. The Kier molecular flexibility index (Phi) is 37.0. The molecule has 0 N–H and O–H groups in total. The third-order valence-corrected chi connectivity index (χ3v) is 6.74. The van der Waals surface area contributed by atoms with Crippen LogP contribution in [-0.4, -0.2) is 0 Å². The van der Waals surface area contributed by atoms with Gasteiger partial charge in [0.1, 0.15) is 0 Å². The molecule has 210 valence electrons. The molecule has 0 aliphatic heterocycles. The standard InChI is InChI=1S/C18H26.2C5H5.3CH3.4ClH.2Zr/c1-9-10(2)14(6)17(13(9)5)18-15(7)11(3)12(4)16(18)8;2*1-2-4-5-3-1;;;;;;;;;/h13,15H,1-8H3;2*1-3H,4H2;3*1H3;4*1H;;/q;5*-1;;;;;2*+2/p-4. The Morgan fingerprint density at radius 2 is 0.919 bits per heavy atom. The van der Waals surface area contributed by atoms with Gasteiger partial charge in [-0.05, 0) is 75.0 Å². The second-order valence-corrected chi connectivity index (χ2v) is 11.9. The van der Waals surface area contributed by atoms with Crippen molar-refractivity contribution >= 4 is 17.0 Å². The van der Waals surface area contributed by atoms with Crippen LogP contribution < -0.4 is 24.8 Å². The van der Waals surface area contributed by atoms with Crippen molar-refractivity contribution in [2.24, 2.45) is 11.8 Å². The van der Waals surface area contributed by atoms with E-state index in [1.165, 1.54) is 22.3 Å². The van der Waals surface area contributed by atoms with Gasteiger partial charge in [-0.2, -0.15) is 12.2 Å². The molecular weight excluding hydrogens is 697 g/mol. The van der Waals surface area contributed by atoms with Gasteiger partial charge in [0.15, 0.2) is 0 Å². The molecule has 4 aliphatic rings. The summed E-state index contributed by atoms with van der Waals surface area (Å²) in [5.74, 6) is 1.19. The van der Waals surface area contributed by atoms with Crippen LogP contribution in [0.5, 0.6) is 0 Å². The Hall–Kier alpha value is 0.846. The maximum atomic E-state index is 4.93. The number of hydrogen-bond donors (Lipinski definition) is 0. The first kappa shape index (κ1) is 50.7. The second-order valence-electron chi connectivity index (χ2n) is 8.21. The number of rotatable bonds is 1. The topological polar surface area (TPSA) is 0 Å². The van der Waals surface area contributed by atoms with Gasteiger partial charge in [-0.1, -0.05) is 25.0 Å². The maximum absolute atomic E-state index is 4.93. The first-order valence-corrected chi connectivity index (χ1v) is 17.2. The van der Waals surface area contributed by atoms with Crippen LogP contribution in [0.25, 0.3) is 0 Å². The van der Waals surface area contributed by atoms with Crippen LogP contribution in [0.1, 0.15) is 68.2 Å². The normalized spacial score (nSPS) is 19.4. The van der Waals surface area contributed by atoms with Crippen LogP contribution in [0.3, 0.4) is 0 Å². The van der Waals surface area contributed by atoms with Gasteiger partial charge in [0.25, 0.3) is 0 Å². The van der Waals surface area contributed by atoms with Crippen LogP contribution >= 0.6 is 17.0 Å². The molecule has 2 unspecified atom stereocenters. The second kappa shape index (κ2) is 27.0. The van der Waals surface area contributed by atoms with Crippen molar-refractivity contribution in [3.8, 4) is 0 Å². The van der Waals surface area contributed by atoms with E-state index < -0.39 is 20.8 Å². The van der Waals surface area contributed by atoms with E-state index >= 15 is 0 Å². The van der Waals surface area contributed by atoms with E-state index in [-0.39, 0.29) is 73.3 Å². The summed E-state index contributed by atoms with van der Waals surface area (Å²) in [5, 5.41) is 0. The zero-order chi connectivity index (χ0) is 23.6. The molecule has 0 aromatic heterocycles. The zero-order valence-electron chi connectivity index (χ0n) is 24.5. The summed E-state index contributed by atoms with van der Waals surface area (Å²) in [6, 6.07) is 0. The van der Waals surface area contributed by atoms with Crippen LogP contribution in [-0.2, 0) is 47.1 Å². The molecule has 37 heavy (non-hydrogen) atoms. The van der Waals surface area contributed by atoms with Crippen molar-refractivity contribution in [1.82, 2.24) is 0 Å². The summed E-state index contributed by atoms with van der Waals surface area (Å²) in [7, 11) is 9.87. The van der Waals surface area contributed by atoms with Crippen LogP contribution in [0.15, 0.2) is 81.0 Å². The van der Waals surface area contributed by atoms with E-state index in [0.29, 0.717) is 11.8 Å². The fraction of sp³-hybridized carbons (Fsp3) is 0.387. The van der Waals surface area contributed by atoms with E-state index in [4.69, 9.17) is 17.0 Å². The van der Waals surface area contributed by atoms with Gasteiger partial charge in [0, 0.05) is 11.8 Å². The molecule has 0 fully saturated rings. The Labute approximate surface area is 281 Å². The fourth-order valence-electron chi connectivity index (χ4n) is 4.28. The first-order chi connectivity index (χ1) is 14.7. The maximum Gasteiger partial charge on any atom is 2.00 e. The van der Waals surface area contributed by atoms with Crippen molar-refractivity contribution in [1.29, 1.82) is 0 Å². The molecule has 0 nitrogen and oxygen atoms in total. The summed E-state index contributed by atoms with van der Waals surface area (Å²) < 4.78 is 0. The van der Waals surface area contributed by atoms with Gasteiger partial charge in [0.05, 0.1) is 0 Å². The molecule has 0 heterocycles.